The highest BCUT2D eigenvalue weighted by Crippen LogP contribution is 2.38. The summed E-state index contributed by atoms with van der Waals surface area (Å²) in [7, 11) is 4.32. The molecular weight excluding hydrogens is 186 g/mol. The van der Waals surface area contributed by atoms with Crippen molar-refractivity contribution in [3.05, 3.63) is 12.2 Å². The number of hydrogen-bond donors (Lipinski definition) is 2. The molecule has 1 fully saturated rings. The van der Waals surface area contributed by atoms with E-state index < -0.39 is 0 Å². The second-order valence-electron chi connectivity index (χ2n) is 5.09. The summed E-state index contributed by atoms with van der Waals surface area (Å²) >= 11 is 0. The molecule has 1 unspecified atom stereocenters. The molecule has 88 valence electrons. The van der Waals surface area contributed by atoms with Gasteiger partial charge >= 0.3 is 0 Å². The van der Waals surface area contributed by atoms with Gasteiger partial charge in [-0.1, -0.05) is 18.4 Å². The van der Waals surface area contributed by atoms with E-state index in [1.807, 2.05) is 0 Å². The summed E-state index contributed by atoms with van der Waals surface area (Å²) in [5.74, 6) is 5.71. The fraction of sp³-hybridized carbons (Fsp3) is 0.833. The SMILES string of the molecule is C=C(C)CC(NN)C1(N(C)C)CCCC1. The first-order valence-corrected chi connectivity index (χ1v) is 5.81. The van der Waals surface area contributed by atoms with Gasteiger partial charge in [-0.2, -0.15) is 0 Å². The second-order valence-corrected chi connectivity index (χ2v) is 5.09. The Bertz CT molecular complexity index is 217. The van der Waals surface area contributed by atoms with Crippen LogP contribution in [0.5, 0.6) is 0 Å². The molecule has 0 heterocycles. The average Bonchev–Trinajstić information content (AvgIpc) is 2.63. The number of rotatable bonds is 5. The van der Waals surface area contributed by atoms with Crippen molar-refractivity contribution < 1.29 is 0 Å². The predicted molar refractivity (Wildman–Crippen MR) is 65.4 cm³/mol. The first-order chi connectivity index (χ1) is 7.03. The Morgan fingerprint density at radius 2 is 2.00 bits per heavy atom. The number of hydrazine groups is 1. The van der Waals surface area contributed by atoms with E-state index in [9.17, 15) is 0 Å². The summed E-state index contributed by atoms with van der Waals surface area (Å²) in [4.78, 5) is 2.34. The van der Waals surface area contributed by atoms with Crippen molar-refractivity contribution in [1.82, 2.24) is 10.3 Å². The van der Waals surface area contributed by atoms with Gasteiger partial charge in [0.25, 0.3) is 0 Å². The third-order valence-corrected chi connectivity index (χ3v) is 3.76. The molecular formula is C12H25N3. The molecule has 0 bridgehead atoms. The number of nitrogens with zero attached hydrogens (tertiary/aromatic N) is 1. The topological polar surface area (TPSA) is 41.3 Å². The third kappa shape index (κ3) is 2.60. The molecule has 0 saturated heterocycles. The van der Waals surface area contributed by atoms with Gasteiger partial charge in [-0.3, -0.25) is 11.3 Å². The zero-order valence-corrected chi connectivity index (χ0v) is 10.3. The molecule has 0 spiro atoms. The van der Waals surface area contributed by atoms with Crippen LogP contribution >= 0.6 is 0 Å². The molecule has 1 rings (SSSR count). The van der Waals surface area contributed by atoms with Crippen molar-refractivity contribution in [1.29, 1.82) is 0 Å². The summed E-state index contributed by atoms with van der Waals surface area (Å²) in [6.45, 7) is 6.06. The van der Waals surface area contributed by atoms with E-state index in [0.29, 0.717) is 6.04 Å². The van der Waals surface area contributed by atoms with Crippen LogP contribution in [-0.2, 0) is 0 Å². The zero-order valence-electron chi connectivity index (χ0n) is 10.3. The Morgan fingerprint density at radius 1 is 1.47 bits per heavy atom. The summed E-state index contributed by atoms with van der Waals surface area (Å²) < 4.78 is 0. The standard InChI is InChI=1S/C12H25N3/c1-10(2)9-11(14-13)12(15(3)4)7-5-6-8-12/h11,14H,1,5-9,13H2,2-4H3. The summed E-state index contributed by atoms with van der Waals surface area (Å²) in [5.41, 5.74) is 4.42. The van der Waals surface area contributed by atoms with E-state index in [-0.39, 0.29) is 5.54 Å². The molecule has 0 aliphatic heterocycles. The van der Waals surface area contributed by atoms with Gasteiger partial charge < -0.3 is 4.90 Å². The van der Waals surface area contributed by atoms with Gasteiger partial charge in [-0.15, -0.1) is 6.58 Å². The molecule has 0 aromatic rings. The minimum absolute atomic E-state index is 0.230. The molecule has 0 aromatic heterocycles. The van der Waals surface area contributed by atoms with Crippen molar-refractivity contribution in [2.75, 3.05) is 14.1 Å². The van der Waals surface area contributed by atoms with Gasteiger partial charge in [0.05, 0.1) is 0 Å². The zero-order chi connectivity index (χ0) is 11.5. The van der Waals surface area contributed by atoms with Gasteiger partial charge in [0.15, 0.2) is 0 Å². The maximum atomic E-state index is 5.71. The highest BCUT2D eigenvalue weighted by Gasteiger charge is 2.42. The van der Waals surface area contributed by atoms with Gasteiger partial charge in [-0.25, -0.2) is 0 Å². The number of nitrogens with two attached hydrogens (primary N) is 1. The van der Waals surface area contributed by atoms with Crippen LogP contribution in [0.15, 0.2) is 12.2 Å². The monoisotopic (exact) mass is 211 g/mol. The Morgan fingerprint density at radius 3 is 2.33 bits per heavy atom. The van der Waals surface area contributed by atoms with Crippen molar-refractivity contribution >= 4 is 0 Å². The van der Waals surface area contributed by atoms with Crippen molar-refractivity contribution in [3.63, 3.8) is 0 Å². The molecule has 1 atom stereocenters. The minimum Gasteiger partial charge on any atom is -0.302 e. The highest BCUT2D eigenvalue weighted by atomic mass is 15.3. The van der Waals surface area contributed by atoms with Gasteiger partial charge in [-0.05, 0) is 40.3 Å². The van der Waals surface area contributed by atoms with Crippen LogP contribution in [-0.4, -0.2) is 30.6 Å². The Kier molecular flexibility index (Phi) is 4.32. The lowest BCUT2D eigenvalue weighted by Gasteiger charge is -2.43. The van der Waals surface area contributed by atoms with E-state index in [2.05, 4.69) is 37.9 Å². The van der Waals surface area contributed by atoms with Crippen LogP contribution in [0.4, 0.5) is 0 Å². The molecule has 0 aromatic carbocycles. The highest BCUT2D eigenvalue weighted by molar-refractivity contribution is 5.06. The fourth-order valence-electron chi connectivity index (χ4n) is 2.85. The molecule has 1 saturated carbocycles. The lowest BCUT2D eigenvalue weighted by Crippen LogP contribution is -2.59. The minimum atomic E-state index is 0.230. The van der Waals surface area contributed by atoms with Crippen molar-refractivity contribution in [2.24, 2.45) is 5.84 Å². The number of likely N-dealkylation sites (N-methyl/N-ethyl adjacent to an activating group) is 1. The summed E-state index contributed by atoms with van der Waals surface area (Å²) in [6, 6.07) is 0.326. The van der Waals surface area contributed by atoms with Crippen LogP contribution in [0.1, 0.15) is 39.0 Å². The van der Waals surface area contributed by atoms with E-state index in [1.165, 1.54) is 31.3 Å². The van der Waals surface area contributed by atoms with Crippen LogP contribution in [0.3, 0.4) is 0 Å². The first kappa shape index (κ1) is 12.7. The third-order valence-electron chi connectivity index (χ3n) is 3.76. The summed E-state index contributed by atoms with van der Waals surface area (Å²) in [6.07, 6.45) is 6.07. The fourth-order valence-corrected chi connectivity index (χ4v) is 2.85. The molecule has 3 N–H and O–H groups in total. The second kappa shape index (κ2) is 5.10. The van der Waals surface area contributed by atoms with Crippen LogP contribution in [0.25, 0.3) is 0 Å². The maximum absolute atomic E-state index is 5.71. The lowest BCUT2D eigenvalue weighted by molar-refractivity contribution is 0.104. The quantitative estimate of drug-likeness (QED) is 0.413. The van der Waals surface area contributed by atoms with Crippen molar-refractivity contribution in [3.8, 4) is 0 Å². The van der Waals surface area contributed by atoms with Gasteiger partial charge in [0, 0.05) is 11.6 Å². The first-order valence-electron chi connectivity index (χ1n) is 5.81. The van der Waals surface area contributed by atoms with Crippen LogP contribution in [0.2, 0.25) is 0 Å². The van der Waals surface area contributed by atoms with E-state index in [1.54, 1.807) is 0 Å². The summed E-state index contributed by atoms with van der Waals surface area (Å²) in [5, 5.41) is 0. The molecule has 3 nitrogen and oxygen atoms in total. The lowest BCUT2D eigenvalue weighted by atomic mass is 9.84. The normalized spacial score (nSPS) is 21.9. The Balaban J connectivity index is 2.80. The molecule has 3 heteroatoms. The van der Waals surface area contributed by atoms with Gasteiger partial charge in [0.1, 0.15) is 0 Å². The van der Waals surface area contributed by atoms with E-state index in [4.69, 9.17) is 5.84 Å². The maximum Gasteiger partial charge on any atom is 0.0431 e. The predicted octanol–water partition coefficient (Wildman–Crippen LogP) is 1.66. The molecule has 0 amide bonds. The Hall–Kier alpha value is -0.380. The Labute approximate surface area is 93.7 Å². The molecule has 1 aliphatic rings. The van der Waals surface area contributed by atoms with Crippen LogP contribution < -0.4 is 11.3 Å². The van der Waals surface area contributed by atoms with Gasteiger partial charge in [0.2, 0.25) is 0 Å². The molecule has 1 aliphatic carbocycles. The molecule has 0 radical (unpaired) electrons. The number of hydrogen-bond acceptors (Lipinski definition) is 3. The van der Waals surface area contributed by atoms with E-state index in [0.717, 1.165) is 6.42 Å². The van der Waals surface area contributed by atoms with E-state index >= 15 is 0 Å². The van der Waals surface area contributed by atoms with Crippen LogP contribution in [0, 0.1) is 0 Å². The molecule has 15 heavy (non-hydrogen) atoms. The smallest absolute Gasteiger partial charge is 0.0431 e. The average molecular weight is 211 g/mol. The number of nitrogens with one attached hydrogen (secondary N) is 1. The van der Waals surface area contributed by atoms with Crippen molar-refractivity contribution in [2.45, 2.75) is 50.6 Å². The largest absolute Gasteiger partial charge is 0.302 e.